The second-order valence-electron chi connectivity index (χ2n) is 5.63. The van der Waals surface area contributed by atoms with Gasteiger partial charge in [0.25, 0.3) is 5.56 Å². The number of nitrogens with one attached hydrogen (secondary N) is 1. The highest BCUT2D eigenvalue weighted by molar-refractivity contribution is 6.30. The molecule has 1 aromatic heterocycles. The van der Waals surface area contributed by atoms with Gasteiger partial charge in [0, 0.05) is 37.4 Å². The molecular weight excluding hydrogens is 346 g/mol. The molecule has 1 heterocycles. The Labute approximate surface area is 149 Å². The monoisotopic (exact) mass is 365 g/mol. The van der Waals surface area contributed by atoms with Crippen molar-refractivity contribution in [3.63, 3.8) is 0 Å². The lowest BCUT2D eigenvalue weighted by Gasteiger charge is -2.17. The van der Waals surface area contributed by atoms with Gasteiger partial charge in [0.05, 0.1) is 13.0 Å². The van der Waals surface area contributed by atoms with Crippen molar-refractivity contribution < 1.29 is 9.53 Å². The summed E-state index contributed by atoms with van der Waals surface area (Å²) < 4.78 is 6.51. The van der Waals surface area contributed by atoms with Gasteiger partial charge in [-0.05, 0) is 30.7 Å². The van der Waals surface area contributed by atoms with E-state index in [2.05, 4.69) is 4.98 Å². The van der Waals surface area contributed by atoms with Crippen LogP contribution in [0.1, 0.15) is 12.0 Å². The molecule has 0 aliphatic rings. The molecule has 0 saturated heterocycles. The molecule has 0 bridgehead atoms. The van der Waals surface area contributed by atoms with Gasteiger partial charge in [-0.25, -0.2) is 4.79 Å². The molecule has 2 rings (SSSR count). The molecule has 0 aliphatic heterocycles. The Morgan fingerprint density at radius 1 is 1.28 bits per heavy atom. The molecule has 0 saturated carbocycles. The summed E-state index contributed by atoms with van der Waals surface area (Å²) in [6.07, 6.45) is 1.88. The summed E-state index contributed by atoms with van der Waals surface area (Å²) in [7, 11) is 3.04. The lowest BCUT2D eigenvalue weighted by Crippen LogP contribution is -2.37. The van der Waals surface area contributed by atoms with Gasteiger partial charge >= 0.3 is 5.69 Å². The fourth-order valence-electron chi connectivity index (χ4n) is 2.19. The van der Waals surface area contributed by atoms with E-state index in [1.165, 1.54) is 18.1 Å². The molecule has 0 fully saturated rings. The smallest absolute Gasteiger partial charge is 0.328 e. The second kappa shape index (κ2) is 8.53. The number of amides is 1. The van der Waals surface area contributed by atoms with Crippen LogP contribution in [0.25, 0.3) is 0 Å². The van der Waals surface area contributed by atoms with E-state index in [9.17, 15) is 14.4 Å². The molecule has 7 nitrogen and oxygen atoms in total. The average molecular weight is 366 g/mol. The predicted octanol–water partition coefficient (Wildman–Crippen LogP) is 1.20. The van der Waals surface area contributed by atoms with Crippen molar-refractivity contribution in [3.05, 3.63) is 61.9 Å². The highest BCUT2D eigenvalue weighted by Gasteiger charge is 2.13. The first-order valence-electron chi connectivity index (χ1n) is 7.78. The van der Waals surface area contributed by atoms with Crippen LogP contribution in [-0.2, 0) is 18.3 Å². The normalized spacial score (nSPS) is 10.5. The topological polar surface area (TPSA) is 84.4 Å². The second-order valence-corrected chi connectivity index (χ2v) is 6.07. The largest absolute Gasteiger partial charge is 0.494 e. The van der Waals surface area contributed by atoms with Gasteiger partial charge in [0.15, 0.2) is 0 Å². The van der Waals surface area contributed by atoms with Crippen molar-refractivity contribution in [1.82, 2.24) is 14.5 Å². The lowest BCUT2D eigenvalue weighted by atomic mass is 10.2. The Morgan fingerprint density at radius 3 is 2.64 bits per heavy atom. The predicted molar refractivity (Wildman–Crippen MR) is 95.2 cm³/mol. The van der Waals surface area contributed by atoms with Crippen LogP contribution in [0.4, 0.5) is 0 Å². The van der Waals surface area contributed by atoms with Gasteiger partial charge in [0.1, 0.15) is 5.75 Å². The lowest BCUT2D eigenvalue weighted by molar-refractivity contribution is -0.129. The Kier molecular flexibility index (Phi) is 6.41. The van der Waals surface area contributed by atoms with E-state index in [1.54, 1.807) is 31.3 Å². The Balaban J connectivity index is 1.80. The number of likely N-dealkylation sites (N-methyl/N-ethyl adjacent to an activating group) is 1. The number of ether oxygens (including phenoxy) is 1. The summed E-state index contributed by atoms with van der Waals surface area (Å²) >= 11 is 5.80. The van der Waals surface area contributed by atoms with E-state index >= 15 is 0 Å². The van der Waals surface area contributed by atoms with Crippen molar-refractivity contribution in [2.45, 2.75) is 12.8 Å². The Bertz CT molecular complexity index is 842. The van der Waals surface area contributed by atoms with Crippen LogP contribution in [0.3, 0.4) is 0 Å². The molecule has 1 aromatic carbocycles. The van der Waals surface area contributed by atoms with E-state index in [1.807, 2.05) is 0 Å². The Morgan fingerprint density at radius 2 is 1.96 bits per heavy atom. The standard InChI is InChI=1S/C17H20ClN3O4/c1-20(8-3-9-25-14-6-4-13(18)5-7-14)15(22)10-12-11-19-17(24)21(2)16(12)23/h4-7,11H,3,8-10H2,1-2H3,(H,19,24). The number of aromatic nitrogens is 2. The van der Waals surface area contributed by atoms with Crippen molar-refractivity contribution in [1.29, 1.82) is 0 Å². The van der Waals surface area contributed by atoms with Gasteiger partial charge in [-0.15, -0.1) is 0 Å². The number of hydrogen-bond donors (Lipinski definition) is 1. The van der Waals surface area contributed by atoms with Crippen LogP contribution in [0.5, 0.6) is 5.75 Å². The number of aromatic amines is 1. The van der Waals surface area contributed by atoms with Gasteiger partial charge in [-0.3, -0.25) is 14.2 Å². The third kappa shape index (κ3) is 5.22. The summed E-state index contributed by atoms with van der Waals surface area (Å²) in [6, 6.07) is 7.06. The van der Waals surface area contributed by atoms with E-state index < -0.39 is 11.2 Å². The number of halogens is 1. The molecule has 1 N–H and O–H groups in total. The number of nitrogens with zero attached hydrogens (tertiary/aromatic N) is 2. The maximum atomic E-state index is 12.2. The van der Waals surface area contributed by atoms with E-state index in [0.29, 0.717) is 24.6 Å². The van der Waals surface area contributed by atoms with Gasteiger partial charge in [0.2, 0.25) is 5.91 Å². The van der Waals surface area contributed by atoms with Crippen molar-refractivity contribution in [2.75, 3.05) is 20.2 Å². The zero-order valence-corrected chi connectivity index (χ0v) is 14.9. The highest BCUT2D eigenvalue weighted by atomic mass is 35.5. The molecule has 0 aliphatic carbocycles. The molecule has 0 radical (unpaired) electrons. The highest BCUT2D eigenvalue weighted by Crippen LogP contribution is 2.15. The minimum Gasteiger partial charge on any atom is -0.494 e. The quantitative estimate of drug-likeness (QED) is 0.747. The molecule has 2 aromatic rings. The minimum atomic E-state index is -0.506. The first-order valence-corrected chi connectivity index (χ1v) is 8.16. The number of carbonyl (C=O) groups excluding carboxylic acids is 1. The van der Waals surface area contributed by atoms with Gasteiger partial charge < -0.3 is 14.6 Å². The molecule has 0 atom stereocenters. The minimum absolute atomic E-state index is 0.0575. The zero-order valence-electron chi connectivity index (χ0n) is 14.1. The molecular formula is C17H20ClN3O4. The van der Waals surface area contributed by atoms with Crippen molar-refractivity contribution in [3.8, 4) is 5.75 Å². The van der Waals surface area contributed by atoms with E-state index in [0.717, 1.165) is 10.3 Å². The Hall–Kier alpha value is -2.54. The summed E-state index contributed by atoms with van der Waals surface area (Å²) in [6.45, 7) is 0.954. The number of hydrogen-bond acceptors (Lipinski definition) is 4. The van der Waals surface area contributed by atoms with Crippen molar-refractivity contribution in [2.24, 2.45) is 7.05 Å². The van der Waals surface area contributed by atoms with Crippen LogP contribution in [-0.4, -0.2) is 40.6 Å². The third-order valence-electron chi connectivity index (χ3n) is 3.74. The summed E-state index contributed by atoms with van der Waals surface area (Å²) in [4.78, 5) is 39.4. The maximum Gasteiger partial charge on any atom is 0.328 e. The first-order chi connectivity index (χ1) is 11.9. The fraction of sp³-hybridized carbons (Fsp3) is 0.353. The van der Waals surface area contributed by atoms with Crippen LogP contribution in [0.2, 0.25) is 5.02 Å². The summed E-state index contributed by atoms with van der Waals surface area (Å²) in [5.41, 5.74) is -0.707. The molecule has 8 heteroatoms. The fourth-order valence-corrected chi connectivity index (χ4v) is 2.31. The third-order valence-corrected chi connectivity index (χ3v) is 3.99. The number of H-pyrrole nitrogens is 1. The zero-order chi connectivity index (χ0) is 18.4. The van der Waals surface area contributed by atoms with Crippen LogP contribution < -0.4 is 16.0 Å². The van der Waals surface area contributed by atoms with Crippen molar-refractivity contribution >= 4 is 17.5 Å². The van der Waals surface area contributed by atoms with Crippen LogP contribution in [0, 0.1) is 0 Å². The molecule has 134 valence electrons. The maximum absolute atomic E-state index is 12.2. The van der Waals surface area contributed by atoms with Crippen LogP contribution >= 0.6 is 11.6 Å². The van der Waals surface area contributed by atoms with Crippen LogP contribution in [0.15, 0.2) is 40.1 Å². The first kappa shape index (κ1) is 18.8. The van der Waals surface area contributed by atoms with E-state index in [-0.39, 0.29) is 17.9 Å². The van der Waals surface area contributed by atoms with Gasteiger partial charge in [-0.2, -0.15) is 0 Å². The SMILES string of the molecule is CN(CCCOc1ccc(Cl)cc1)C(=O)Cc1c[nH]c(=O)n(C)c1=O. The average Bonchev–Trinajstić information content (AvgIpc) is 2.60. The van der Waals surface area contributed by atoms with Gasteiger partial charge in [-0.1, -0.05) is 11.6 Å². The molecule has 0 spiro atoms. The molecule has 0 unspecified atom stereocenters. The summed E-state index contributed by atoms with van der Waals surface area (Å²) in [5, 5.41) is 0.645. The molecule has 1 amide bonds. The number of rotatable bonds is 7. The van der Waals surface area contributed by atoms with E-state index in [4.69, 9.17) is 16.3 Å². The number of carbonyl (C=O) groups is 1. The number of benzene rings is 1. The summed E-state index contributed by atoms with van der Waals surface area (Å²) in [5.74, 6) is 0.519. The molecule has 25 heavy (non-hydrogen) atoms.